The highest BCUT2D eigenvalue weighted by molar-refractivity contribution is 6.02. The Labute approximate surface area is 115 Å². The number of piperazine rings is 1. The van der Waals surface area contributed by atoms with Crippen molar-refractivity contribution in [3.8, 4) is 0 Å². The van der Waals surface area contributed by atoms with Gasteiger partial charge < -0.3 is 10.2 Å². The van der Waals surface area contributed by atoms with Crippen molar-refractivity contribution in [2.45, 2.75) is 83.3 Å². The molecular weight excluding hydrogens is 240 g/mol. The predicted octanol–water partition coefficient (Wildman–Crippen LogP) is 2.22. The lowest BCUT2D eigenvalue weighted by Gasteiger charge is -2.52. The van der Waals surface area contributed by atoms with E-state index < -0.39 is 11.1 Å². The van der Waals surface area contributed by atoms with Gasteiger partial charge in [0.15, 0.2) is 0 Å². The van der Waals surface area contributed by atoms with Crippen molar-refractivity contribution < 1.29 is 9.59 Å². The summed E-state index contributed by atoms with van der Waals surface area (Å²) in [4.78, 5) is 27.4. The first-order valence-electron chi connectivity index (χ1n) is 7.55. The van der Waals surface area contributed by atoms with Gasteiger partial charge in [-0.1, -0.05) is 26.7 Å². The van der Waals surface area contributed by atoms with Gasteiger partial charge in [0.05, 0.1) is 0 Å². The molecule has 0 aromatic rings. The van der Waals surface area contributed by atoms with Gasteiger partial charge in [-0.2, -0.15) is 0 Å². The van der Waals surface area contributed by atoms with Crippen molar-refractivity contribution in [1.29, 1.82) is 0 Å². The molecule has 4 nitrogen and oxygen atoms in total. The lowest BCUT2D eigenvalue weighted by molar-refractivity contribution is -0.166. The van der Waals surface area contributed by atoms with Gasteiger partial charge in [0.2, 0.25) is 11.8 Å². The first-order chi connectivity index (χ1) is 8.89. The number of amides is 2. The lowest BCUT2D eigenvalue weighted by atomic mass is 9.81. The van der Waals surface area contributed by atoms with Crippen molar-refractivity contribution in [3.63, 3.8) is 0 Å². The van der Waals surface area contributed by atoms with Crippen LogP contribution >= 0.6 is 0 Å². The van der Waals surface area contributed by atoms with Crippen LogP contribution in [0.3, 0.4) is 0 Å². The molecule has 2 rings (SSSR count). The Balaban J connectivity index is 2.44. The summed E-state index contributed by atoms with van der Waals surface area (Å²) in [5, 5.41) is 2.92. The molecule has 0 unspecified atom stereocenters. The predicted molar refractivity (Wildman–Crippen MR) is 74.6 cm³/mol. The molecule has 4 heteroatoms. The third-order valence-corrected chi connectivity index (χ3v) is 4.92. The maximum absolute atomic E-state index is 12.8. The molecule has 1 saturated heterocycles. The Hall–Kier alpha value is -1.06. The standard InChI is InChI=1S/C15H26N2O2/c1-5-15(6-2)12(18)16-14(3,4)13(19)17(15)11-9-7-8-10-11/h11H,5-10H2,1-4H3,(H,16,18). The summed E-state index contributed by atoms with van der Waals surface area (Å²) in [5.74, 6) is 0.108. The summed E-state index contributed by atoms with van der Waals surface area (Å²) in [7, 11) is 0. The Morgan fingerprint density at radius 2 is 1.68 bits per heavy atom. The summed E-state index contributed by atoms with van der Waals surface area (Å²) >= 11 is 0. The molecule has 0 bridgehead atoms. The van der Waals surface area contributed by atoms with Crippen molar-refractivity contribution in [2.24, 2.45) is 0 Å². The smallest absolute Gasteiger partial charge is 0.248 e. The molecule has 1 aliphatic carbocycles. The molecule has 0 aromatic heterocycles. The van der Waals surface area contributed by atoms with Gasteiger partial charge in [-0.15, -0.1) is 0 Å². The fourth-order valence-electron chi connectivity index (χ4n) is 3.65. The number of carbonyl (C=O) groups is 2. The molecular formula is C15H26N2O2. The summed E-state index contributed by atoms with van der Waals surface area (Å²) in [5.41, 5.74) is -1.41. The van der Waals surface area contributed by atoms with Gasteiger partial charge in [0.25, 0.3) is 0 Å². The van der Waals surface area contributed by atoms with Gasteiger partial charge >= 0.3 is 0 Å². The highest BCUT2D eigenvalue weighted by Gasteiger charge is 2.55. The lowest BCUT2D eigenvalue weighted by Crippen LogP contribution is -2.75. The highest BCUT2D eigenvalue weighted by atomic mass is 16.2. The van der Waals surface area contributed by atoms with E-state index in [0.29, 0.717) is 12.8 Å². The first-order valence-corrected chi connectivity index (χ1v) is 7.55. The maximum Gasteiger partial charge on any atom is 0.248 e. The van der Waals surface area contributed by atoms with Crippen LogP contribution in [0.5, 0.6) is 0 Å². The molecule has 0 atom stereocenters. The van der Waals surface area contributed by atoms with Crippen LogP contribution < -0.4 is 5.32 Å². The van der Waals surface area contributed by atoms with E-state index in [1.807, 2.05) is 32.6 Å². The van der Waals surface area contributed by atoms with E-state index in [4.69, 9.17) is 0 Å². The number of carbonyl (C=O) groups excluding carboxylic acids is 2. The number of hydrogen-bond donors (Lipinski definition) is 1. The van der Waals surface area contributed by atoms with Gasteiger partial charge in [-0.25, -0.2) is 0 Å². The van der Waals surface area contributed by atoms with Crippen LogP contribution in [-0.2, 0) is 9.59 Å². The molecule has 0 spiro atoms. The summed E-state index contributed by atoms with van der Waals surface area (Å²) in [6, 6.07) is 0.248. The average molecular weight is 266 g/mol. The summed E-state index contributed by atoms with van der Waals surface area (Å²) in [6.07, 6.45) is 5.79. The third-order valence-electron chi connectivity index (χ3n) is 4.92. The molecule has 0 radical (unpaired) electrons. The average Bonchev–Trinajstić information content (AvgIpc) is 2.86. The Morgan fingerprint density at radius 1 is 1.16 bits per heavy atom. The van der Waals surface area contributed by atoms with Gasteiger partial charge in [-0.3, -0.25) is 9.59 Å². The molecule has 0 aromatic carbocycles. The van der Waals surface area contributed by atoms with Crippen LogP contribution in [0.25, 0.3) is 0 Å². The largest absolute Gasteiger partial charge is 0.340 e. The van der Waals surface area contributed by atoms with E-state index in [-0.39, 0.29) is 17.9 Å². The maximum atomic E-state index is 12.8. The van der Waals surface area contributed by atoms with Crippen LogP contribution in [0.15, 0.2) is 0 Å². The first kappa shape index (κ1) is 14.4. The van der Waals surface area contributed by atoms with E-state index in [0.717, 1.165) is 12.8 Å². The Kier molecular flexibility index (Phi) is 3.63. The second-order valence-corrected chi connectivity index (χ2v) is 6.43. The highest BCUT2D eigenvalue weighted by Crippen LogP contribution is 2.38. The SMILES string of the molecule is CCC1(CC)C(=O)NC(C)(C)C(=O)N1C1CCCC1. The van der Waals surface area contributed by atoms with Gasteiger partial charge in [0.1, 0.15) is 11.1 Å². The summed E-state index contributed by atoms with van der Waals surface area (Å²) < 4.78 is 0. The molecule has 1 heterocycles. The molecule has 1 aliphatic heterocycles. The molecule has 2 amide bonds. The molecule has 108 valence electrons. The number of nitrogens with one attached hydrogen (secondary N) is 1. The molecule has 2 aliphatic rings. The van der Waals surface area contributed by atoms with E-state index in [9.17, 15) is 9.59 Å². The zero-order chi connectivity index (χ0) is 14.3. The number of nitrogens with zero attached hydrogens (tertiary/aromatic N) is 1. The second kappa shape index (κ2) is 4.80. The zero-order valence-corrected chi connectivity index (χ0v) is 12.6. The molecule has 1 saturated carbocycles. The third kappa shape index (κ3) is 2.05. The molecule has 1 N–H and O–H groups in total. The van der Waals surface area contributed by atoms with E-state index in [1.165, 1.54) is 12.8 Å². The van der Waals surface area contributed by atoms with E-state index in [2.05, 4.69) is 5.32 Å². The minimum atomic E-state index is -0.770. The van der Waals surface area contributed by atoms with E-state index in [1.54, 1.807) is 0 Å². The van der Waals surface area contributed by atoms with Crippen LogP contribution in [0.1, 0.15) is 66.2 Å². The fraction of sp³-hybridized carbons (Fsp3) is 0.867. The molecule has 2 fully saturated rings. The van der Waals surface area contributed by atoms with Crippen LogP contribution in [0.4, 0.5) is 0 Å². The van der Waals surface area contributed by atoms with Crippen molar-refractivity contribution in [2.75, 3.05) is 0 Å². The van der Waals surface area contributed by atoms with Crippen LogP contribution in [-0.4, -0.2) is 33.8 Å². The second-order valence-electron chi connectivity index (χ2n) is 6.43. The zero-order valence-electron chi connectivity index (χ0n) is 12.6. The van der Waals surface area contributed by atoms with Crippen molar-refractivity contribution >= 4 is 11.8 Å². The van der Waals surface area contributed by atoms with Crippen LogP contribution in [0.2, 0.25) is 0 Å². The minimum Gasteiger partial charge on any atom is -0.340 e. The fourth-order valence-corrected chi connectivity index (χ4v) is 3.65. The quantitative estimate of drug-likeness (QED) is 0.851. The normalized spacial score (nSPS) is 26.6. The number of rotatable bonds is 3. The molecule has 19 heavy (non-hydrogen) atoms. The topological polar surface area (TPSA) is 49.4 Å². The Bertz CT molecular complexity index is 380. The monoisotopic (exact) mass is 266 g/mol. The van der Waals surface area contributed by atoms with Gasteiger partial charge in [-0.05, 0) is 39.5 Å². The van der Waals surface area contributed by atoms with Crippen molar-refractivity contribution in [3.05, 3.63) is 0 Å². The Morgan fingerprint density at radius 3 is 2.16 bits per heavy atom. The van der Waals surface area contributed by atoms with Gasteiger partial charge in [0, 0.05) is 6.04 Å². The minimum absolute atomic E-state index is 0.0222. The van der Waals surface area contributed by atoms with Crippen molar-refractivity contribution in [1.82, 2.24) is 10.2 Å². The number of hydrogen-bond acceptors (Lipinski definition) is 2. The summed E-state index contributed by atoms with van der Waals surface area (Å²) in [6.45, 7) is 7.64. The van der Waals surface area contributed by atoms with Crippen LogP contribution in [0, 0.1) is 0 Å². The van der Waals surface area contributed by atoms with E-state index >= 15 is 0 Å².